The van der Waals surface area contributed by atoms with Crippen molar-refractivity contribution in [2.75, 3.05) is 0 Å². The van der Waals surface area contributed by atoms with Gasteiger partial charge in [0.05, 0.1) is 4.90 Å². The van der Waals surface area contributed by atoms with Crippen molar-refractivity contribution in [1.29, 1.82) is 0 Å². The fourth-order valence-corrected chi connectivity index (χ4v) is 4.29. The predicted octanol–water partition coefficient (Wildman–Crippen LogP) is 2.91. The fraction of sp³-hybridized carbons (Fsp3) is 0. The van der Waals surface area contributed by atoms with Gasteiger partial charge in [-0.25, -0.2) is 13.6 Å². The number of nitrogens with two attached hydrogens (primary N) is 1. The molecule has 3 rings (SSSR count). The fourth-order valence-electron chi connectivity index (χ4n) is 2.71. The van der Waals surface area contributed by atoms with Crippen LogP contribution in [0.4, 0.5) is 0 Å². The van der Waals surface area contributed by atoms with Gasteiger partial charge in [-0.3, -0.25) is 4.55 Å². The third kappa shape index (κ3) is 3.68. The molecule has 0 spiro atoms. The van der Waals surface area contributed by atoms with E-state index in [-0.39, 0.29) is 10.5 Å². The predicted molar refractivity (Wildman–Crippen MR) is 98.5 cm³/mol. The Morgan fingerprint density at radius 1 is 0.615 bits per heavy atom. The smallest absolute Gasteiger partial charge is 0.282 e. The summed E-state index contributed by atoms with van der Waals surface area (Å²) in [5, 5.41) is 5.22. The molecule has 0 heterocycles. The van der Waals surface area contributed by atoms with Gasteiger partial charge in [-0.2, -0.15) is 8.42 Å². The number of benzene rings is 3. The number of primary sulfonamides is 1. The molecule has 0 radical (unpaired) electrons. The van der Waals surface area contributed by atoms with Gasteiger partial charge in [0.15, 0.2) is 0 Å². The minimum absolute atomic E-state index is 0.155. The summed E-state index contributed by atoms with van der Waals surface area (Å²) in [6.45, 7) is 0. The third-order valence-corrected chi connectivity index (χ3v) is 5.70. The van der Waals surface area contributed by atoms with E-state index in [1.807, 2.05) is 30.3 Å². The Labute approximate surface area is 151 Å². The molecule has 0 aromatic heterocycles. The van der Waals surface area contributed by atoms with Gasteiger partial charge in [0, 0.05) is 5.56 Å². The van der Waals surface area contributed by atoms with E-state index in [9.17, 15) is 21.4 Å². The Morgan fingerprint density at radius 3 is 1.65 bits per heavy atom. The molecule has 3 aromatic carbocycles. The highest BCUT2D eigenvalue weighted by Crippen LogP contribution is 2.34. The molecule has 6 nitrogen and oxygen atoms in total. The van der Waals surface area contributed by atoms with Crippen LogP contribution in [0.5, 0.6) is 0 Å². The highest BCUT2D eigenvalue weighted by atomic mass is 32.2. The zero-order chi connectivity index (χ0) is 18.9. The van der Waals surface area contributed by atoms with E-state index in [1.54, 1.807) is 24.3 Å². The Bertz CT molecular complexity index is 1100. The zero-order valence-corrected chi connectivity index (χ0v) is 15.0. The van der Waals surface area contributed by atoms with Gasteiger partial charge >= 0.3 is 0 Å². The van der Waals surface area contributed by atoms with Crippen LogP contribution < -0.4 is 5.14 Å². The van der Waals surface area contributed by atoms with E-state index in [0.29, 0.717) is 5.56 Å². The lowest BCUT2D eigenvalue weighted by Gasteiger charge is -2.13. The van der Waals surface area contributed by atoms with Crippen molar-refractivity contribution in [3.05, 3.63) is 72.8 Å². The Morgan fingerprint density at radius 2 is 1.12 bits per heavy atom. The minimum atomic E-state index is -4.65. The summed E-state index contributed by atoms with van der Waals surface area (Å²) >= 11 is 0. The number of rotatable bonds is 4. The van der Waals surface area contributed by atoms with Gasteiger partial charge in [0.25, 0.3) is 10.1 Å². The largest absolute Gasteiger partial charge is 0.295 e. The van der Waals surface area contributed by atoms with Crippen LogP contribution in [-0.4, -0.2) is 21.4 Å². The molecular weight excluding hydrogens is 374 g/mol. The molecule has 0 unspecified atom stereocenters. The lowest BCUT2D eigenvalue weighted by molar-refractivity contribution is 0.483. The summed E-state index contributed by atoms with van der Waals surface area (Å²) < 4.78 is 56.7. The van der Waals surface area contributed by atoms with Crippen LogP contribution in [0.1, 0.15) is 0 Å². The second-order valence-corrected chi connectivity index (χ2v) is 8.51. The lowest BCUT2D eigenvalue weighted by Crippen LogP contribution is -2.15. The van der Waals surface area contributed by atoms with Crippen molar-refractivity contribution in [3.8, 4) is 22.3 Å². The lowest BCUT2D eigenvalue weighted by atomic mass is 10.0. The first-order chi connectivity index (χ1) is 12.2. The molecular formula is C18H15NO5S2. The molecule has 0 saturated carbocycles. The molecule has 0 amide bonds. The molecule has 0 atom stereocenters. The molecule has 3 aromatic rings. The number of hydrogen-bond acceptors (Lipinski definition) is 4. The number of sulfonamides is 1. The Kier molecular flexibility index (Phi) is 4.68. The summed E-state index contributed by atoms with van der Waals surface area (Å²) in [4.78, 5) is -0.892. The highest BCUT2D eigenvalue weighted by molar-refractivity contribution is 7.89. The summed E-state index contributed by atoms with van der Waals surface area (Å²) in [5.41, 5.74) is 1.98. The van der Waals surface area contributed by atoms with Crippen LogP contribution in [-0.2, 0) is 20.1 Å². The molecule has 0 aliphatic rings. The maximum absolute atomic E-state index is 11.9. The summed E-state index contributed by atoms with van der Waals surface area (Å²) in [7, 11) is -8.85. The van der Waals surface area contributed by atoms with Crippen LogP contribution >= 0.6 is 0 Å². The second-order valence-electron chi connectivity index (χ2n) is 5.59. The standard InChI is InChI=1S/C18H15NO5S2/c19-25(20,21)16-7-4-8-17(26(22,23)24)18(16)15-11-9-14(10-12-15)13-5-2-1-3-6-13/h1-12H,(H2,19,20,21)(H,22,23,24). The van der Waals surface area contributed by atoms with Gasteiger partial charge in [-0.05, 0) is 28.8 Å². The Hall–Kier alpha value is -2.52. The summed E-state index contributed by atoms with van der Waals surface area (Å²) in [5.74, 6) is 0. The first-order valence-corrected chi connectivity index (χ1v) is 10.5. The molecule has 3 N–H and O–H groups in total. The topological polar surface area (TPSA) is 115 Å². The van der Waals surface area contributed by atoms with Crippen molar-refractivity contribution in [2.45, 2.75) is 9.79 Å². The van der Waals surface area contributed by atoms with E-state index >= 15 is 0 Å². The van der Waals surface area contributed by atoms with E-state index in [4.69, 9.17) is 5.14 Å². The van der Waals surface area contributed by atoms with Crippen molar-refractivity contribution in [2.24, 2.45) is 5.14 Å². The van der Waals surface area contributed by atoms with Gasteiger partial charge in [-0.1, -0.05) is 60.7 Å². The van der Waals surface area contributed by atoms with E-state index in [1.165, 1.54) is 12.1 Å². The van der Waals surface area contributed by atoms with Crippen molar-refractivity contribution in [1.82, 2.24) is 0 Å². The quantitative estimate of drug-likeness (QED) is 0.666. The van der Waals surface area contributed by atoms with Crippen molar-refractivity contribution >= 4 is 20.1 Å². The van der Waals surface area contributed by atoms with Crippen LogP contribution in [0.2, 0.25) is 0 Å². The van der Waals surface area contributed by atoms with E-state index in [0.717, 1.165) is 17.2 Å². The normalized spacial score (nSPS) is 12.1. The van der Waals surface area contributed by atoms with Crippen molar-refractivity contribution in [3.63, 3.8) is 0 Å². The van der Waals surface area contributed by atoms with Crippen molar-refractivity contribution < 1.29 is 21.4 Å². The molecule has 8 heteroatoms. The first kappa shape index (κ1) is 18.3. The zero-order valence-electron chi connectivity index (χ0n) is 13.4. The average molecular weight is 389 g/mol. The van der Waals surface area contributed by atoms with Gasteiger partial charge in [0.1, 0.15) is 4.90 Å². The maximum atomic E-state index is 11.9. The molecule has 0 fully saturated rings. The molecule has 0 saturated heterocycles. The minimum Gasteiger partial charge on any atom is -0.282 e. The van der Waals surface area contributed by atoms with Crippen LogP contribution in [0, 0.1) is 0 Å². The molecule has 0 bridgehead atoms. The molecule has 26 heavy (non-hydrogen) atoms. The monoisotopic (exact) mass is 389 g/mol. The Balaban J connectivity index is 2.23. The summed E-state index contributed by atoms with van der Waals surface area (Å²) in [6, 6.07) is 19.7. The van der Waals surface area contributed by atoms with E-state index < -0.39 is 25.0 Å². The highest BCUT2D eigenvalue weighted by Gasteiger charge is 2.24. The van der Waals surface area contributed by atoms with E-state index in [2.05, 4.69) is 0 Å². The van der Waals surface area contributed by atoms with Gasteiger partial charge < -0.3 is 0 Å². The van der Waals surface area contributed by atoms with Gasteiger partial charge in [0.2, 0.25) is 10.0 Å². The maximum Gasteiger partial charge on any atom is 0.295 e. The molecule has 0 aliphatic heterocycles. The molecule has 0 aliphatic carbocycles. The second kappa shape index (κ2) is 6.65. The SMILES string of the molecule is NS(=O)(=O)c1cccc(S(=O)(=O)O)c1-c1ccc(-c2ccccc2)cc1. The summed E-state index contributed by atoms with van der Waals surface area (Å²) in [6.07, 6.45) is 0. The molecule has 134 valence electrons. The number of hydrogen-bond donors (Lipinski definition) is 2. The van der Waals surface area contributed by atoms with Crippen LogP contribution in [0.25, 0.3) is 22.3 Å². The average Bonchev–Trinajstić information content (AvgIpc) is 2.60. The first-order valence-electron chi connectivity index (χ1n) is 7.47. The van der Waals surface area contributed by atoms with Crippen LogP contribution in [0.3, 0.4) is 0 Å². The van der Waals surface area contributed by atoms with Crippen LogP contribution in [0.15, 0.2) is 82.6 Å². The third-order valence-electron chi connectivity index (χ3n) is 3.85. The van der Waals surface area contributed by atoms with Gasteiger partial charge in [-0.15, -0.1) is 0 Å².